The molecule has 0 bridgehead atoms. The molecule has 0 spiro atoms. The van der Waals surface area contributed by atoms with Crippen molar-refractivity contribution < 1.29 is 14.2 Å². The zero-order valence-electron chi connectivity index (χ0n) is 10.5. The highest BCUT2D eigenvalue weighted by molar-refractivity contribution is 5.76. The van der Waals surface area contributed by atoms with Crippen LogP contribution in [0.4, 0.5) is 11.5 Å². The van der Waals surface area contributed by atoms with Crippen LogP contribution in [0.25, 0.3) is 11.3 Å². The number of ether oxygens (including phenoxy) is 1. The second kappa shape index (κ2) is 4.97. The van der Waals surface area contributed by atoms with Gasteiger partial charge < -0.3 is 15.0 Å². The first-order valence-electron chi connectivity index (χ1n) is 5.65. The van der Waals surface area contributed by atoms with Crippen molar-refractivity contribution in [3.8, 4) is 17.1 Å². The summed E-state index contributed by atoms with van der Waals surface area (Å²) in [6.07, 6.45) is 0.608. The number of nitrogen functional groups attached to an aromatic ring is 1. The van der Waals surface area contributed by atoms with E-state index >= 15 is 0 Å². The van der Waals surface area contributed by atoms with Crippen LogP contribution >= 0.6 is 0 Å². The van der Waals surface area contributed by atoms with E-state index in [-0.39, 0.29) is 17.3 Å². The summed E-state index contributed by atoms with van der Waals surface area (Å²) in [5, 5.41) is 14.7. The fourth-order valence-electron chi connectivity index (χ4n) is 1.94. The van der Waals surface area contributed by atoms with Crippen molar-refractivity contribution in [2.45, 2.75) is 13.3 Å². The van der Waals surface area contributed by atoms with E-state index in [1.807, 2.05) is 6.92 Å². The van der Waals surface area contributed by atoms with Crippen molar-refractivity contribution in [2.24, 2.45) is 0 Å². The van der Waals surface area contributed by atoms with E-state index in [9.17, 15) is 10.1 Å². The van der Waals surface area contributed by atoms with E-state index in [0.29, 0.717) is 23.3 Å². The third kappa shape index (κ3) is 2.10. The summed E-state index contributed by atoms with van der Waals surface area (Å²) in [4.78, 5) is 10.5. The molecule has 2 N–H and O–H groups in total. The maximum Gasteiger partial charge on any atom is 0.311 e. The van der Waals surface area contributed by atoms with Crippen molar-refractivity contribution in [1.29, 1.82) is 0 Å². The number of benzene rings is 1. The first kappa shape index (κ1) is 12.9. The Morgan fingerprint density at radius 3 is 2.84 bits per heavy atom. The molecule has 0 fully saturated rings. The summed E-state index contributed by atoms with van der Waals surface area (Å²) >= 11 is 0. The molecule has 0 aliphatic carbocycles. The molecule has 2 rings (SSSR count). The minimum absolute atomic E-state index is 0.128. The van der Waals surface area contributed by atoms with Gasteiger partial charge in [0.1, 0.15) is 0 Å². The molecule has 100 valence electrons. The number of hydrogen-bond acceptors (Lipinski definition) is 6. The number of anilines is 1. The molecule has 0 amide bonds. The standard InChI is InChI=1S/C12H13N3O4/c1-3-7-10(19-14-12(7)13)8-5-4-6-9(15(16)17)11(8)18-2/h4-6H,3H2,1-2H3,(H2,13,14). The van der Waals surface area contributed by atoms with Gasteiger partial charge in [-0.15, -0.1) is 0 Å². The molecule has 0 unspecified atom stereocenters. The number of aromatic nitrogens is 1. The number of nitro benzene ring substituents is 1. The van der Waals surface area contributed by atoms with E-state index < -0.39 is 4.92 Å². The fraction of sp³-hybridized carbons (Fsp3) is 0.250. The molecule has 1 aromatic heterocycles. The smallest absolute Gasteiger partial charge is 0.311 e. The van der Waals surface area contributed by atoms with E-state index in [1.54, 1.807) is 12.1 Å². The molecule has 7 nitrogen and oxygen atoms in total. The Labute approximate surface area is 109 Å². The van der Waals surface area contributed by atoms with Gasteiger partial charge in [-0.05, 0) is 12.5 Å². The number of hydrogen-bond donors (Lipinski definition) is 1. The highest BCUT2D eigenvalue weighted by Crippen LogP contribution is 2.40. The molecule has 19 heavy (non-hydrogen) atoms. The van der Waals surface area contributed by atoms with Gasteiger partial charge in [0.15, 0.2) is 11.6 Å². The second-order valence-electron chi connectivity index (χ2n) is 3.84. The molecular weight excluding hydrogens is 250 g/mol. The maximum atomic E-state index is 11.0. The van der Waals surface area contributed by atoms with Crippen LogP contribution in [0.3, 0.4) is 0 Å². The molecule has 2 aromatic rings. The number of para-hydroxylation sites is 1. The van der Waals surface area contributed by atoms with Crippen LogP contribution in [-0.2, 0) is 6.42 Å². The summed E-state index contributed by atoms with van der Waals surface area (Å²) in [7, 11) is 1.37. The summed E-state index contributed by atoms with van der Waals surface area (Å²) < 4.78 is 10.3. The Hall–Kier alpha value is -2.57. The van der Waals surface area contributed by atoms with Crippen molar-refractivity contribution in [2.75, 3.05) is 12.8 Å². The van der Waals surface area contributed by atoms with Crippen LogP contribution < -0.4 is 10.5 Å². The van der Waals surface area contributed by atoms with Gasteiger partial charge in [-0.2, -0.15) is 0 Å². The number of nitrogens with zero attached hydrogens (tertiary/aromatic N) is 2. The molecule has 0 saturated carbocycles. The van der Waals surface area contributed by atoms with Crippen molar-refractivity contribution in [3.63, 3.8) is 0 Å². The normalized spacial score (nSPS) is 10.4. The molecule has 1 aromatic carbocycles. The first-order chi connectivity index (χ1) is 9.10. The third-order valence-electron chi connectivity index (χ3n) is 2.81. The molecular formula is C12H13N3O4. The number of nitro groups is 1. The Morgan fingerprint density at radius 1 is 1.53 bits per heavy atom. The average Bonchev–Trinajstić information content (AvgIpc) is 2.78. The van der Waals surface area contributed by atoms with Crippen LogP contribution in [0.15, 0.2) is 22.7 Å². The van der Waals surface area contributed by atoms with E-state index in [1.165, 1.54) is 13.2 Å². The van der Waals surface area contributed by atoms with Gasteiger partial charge in [-0.3, -0.25) is 10.1 Å². The summed E-state index contributed by atoms with van der Waals surface area (Å²) in [5.74, 6) is 0.824. The minimum atomic E-state index is -0.506. The average molecular weight is 263 g/mol. The van der Waals surface area contributed by atoms with Crippen molar-refractivity contribution in [3.05, 3.63) is 33.9 Å². The van der Waals surface area contributed by atoms with E-state index in [4.69, 9.17) is 15.0 Å². The Bertz CT molecular complexity index is 621. The Morgan fingerprint density at radius 2 is 2.26 bits per heavy atom. The van der Waals surface area contributed by atoms with E-state index in [0.717, 1.165) is 0 Å². The predicted molar refractivity (Wildman–Crippen MR) is 68.9 cm³/mol. The lowest BCUT2D eigenvalue weighted by Crippen LogP contribution is -1.97. The van der Waals surface area contributed by atoms with Crippen LogP contribution in [0.5, 0.6) is 5.75 Å². The topological polar surface area (TPSA) is 104 Å². The van der Waals surface area contributed by atoms with Gasteiger partial charge in [0.25, 0.3) is 0 Å². The molecule has 0 aliphatic rings. The summed E-state index contributed by atoms with van der Waals surface area (Å²) in [6.45, 7) is 1.90. The van der Waals surface area contributed by atoms with Crippen LogP contribution in [0.1, 0.15) is 12.5 Å². The molecule has 0 radical (unpaired) electrons. The first-order valence-corrected chi connectivity index (χ1v) is 5.65. The number of rotatable bonds is 4. The predicted octanol–water partition coefficient (Wildman–Crippen LogP) is 2.40. The van der Waals surface area contributed by atoms with Gasteiger partial charge in [0, 0.05) is 11.6 Å². The summed E-state index contributed by atoms with van der Waals surface area (Å²) in [5.41, 5.74) is 6.75. The molecule has 0 aliphatic heterocycles. The van der Waals surface area contributed by atoms with Crippen molar-refractivity contribution >= 4 is 11.5 Å². The number of methoxy groups -OCH3 is 1. The van der Waals surface area contributed by atoms with E-state index in [2.05, 4.69) is 5.16 Å². The molecule has 1 heterocycles. The highest BCUT2D eigenvalue weighted by atomic mass is 16.6. The third-order valence-corrected chi connectivity index (χ3v) is 2.81. The molecule has 7 heteroatoms. The Kier molecular flexibility index (Phi) is 3.37. The largest absolute Gasteiger partial charge is 0.490 e. The van der Waals surface area contributed by atoms with Crippen LogP contribution in [0, 0.1) is 10.1 Å². The maximum absolute atomic E-state index is 11.0. The van der Waals surface area contributed by atoms with Crippen LogP contribution in [0.2, 0.25) is 0 Å². The van der Waals surface area contributed by atoms with Gasteiger partial charge in [0.2, 0.25) is 5.75 Å². The quantitative estimate of drug-likeness (QED) is 0.670. The zero-order chi connectivity index (χ0) is 14.0. The molecule has 0 atom stereocenters. The van der Waals surface area contributed by atoms with Crippen molar-refractivity contribution in [1.82, 2.24) is 5.16 Å². The van der Waals surface area contributed by atoms with Gasteiger partial charge in [-0.1, -0.05) is 18.1 Å². The monoisotopic (exact) mass is 263 g/mol. The lowest BCUT2D eigenvalue weighted by atomic mass is 10.0. The Balaban J connectivity index is 2.68. The number of nitrogens with two attached hydrogens (primary N) is 1. The molecule has 0 saturated heterocycles. The summed E-state index contributed by atoms with van der Waals surface area (Å²) in [6, 6.07) is 4.60. The van der Waals surface area contributed by atoms with Crippen LogP contribution in [-0.4, -0.2) is 17.2 Å². The fourth-order valence-corrected chi connectivity index (χ4v) is 1.94. The zero-order valence-corrected chi connectivity index (χ0v) is 10.5. The highest BCUT2D eigenvalue weighted by Gasteiger charge is 2.24. The van der Waals surface area contributed by atoms with Gasteiger partial charge in [-0.25, -0.2) is 0 Å². The van der Waals surface area contributed by atoms with Gasteiger partial charge >= 0.3 is 5.69 Å². The second-order valence-corrected chi connectivity index (χ2v) is 3.84. The SMILES string of the molecule is CCc1c(N)noc1-c1cccc([N+](=O)[O-])c1OC. The van der Waals surface area contributed by atoms with Gasteiger partial charge in [0.05, 0.1) is 17.6 Å². The lowest BCUT2D eigenvalue weighted by Gasteiger charge is -2.07. The minimum Gasteiger partial charge on any atom is -0.490 e. The lowest BCUT2D eigenvalue weighted by molar-refractivity contribution is -0.385.